The van der Waals surface area contributed by atoms with Gasteiger partial charge in [-0.25, -0.2) is 0 Å². The summed E-state index contributed by atoms with van der Waals surface area (Å²) in [6.45, 7) is 12.2. The number of rotatable bonds is 3. The number of hydrogen-bond acceptors (Lipinski definition) is 1. The lowest BCUT2D eigenvalue weighted by Crippen LogP contribution is -2.52. The van der Waals surface area contributed by atoms with Crippen LogP contribution in [0, 0.1) is 29.6 Å². The van der Waals surface area contributed by atoms with Gasteiger partial charge in [-0.2, -0.15) is 0 Å². The molecule has 0 radical (unpaired) electrons. The highest BCUT2D eigenvalue weighted by Crippen LogP contribution is 2.36. The third kappa shape index (κ3) is 3.74. The van der Waals surface area contributed by atoms with Crippen LogP contribution in [-0.4, -0.2) is 12.1 Å². The number of hydrogen-bond donors (Lipinski definition) is 1. The van der Waals surface area contributed by atoms with E-state index >= 15 is 0 Å². The van der Waals surface area contributed by atoms with Gasteiger partial charge in [-0.15, -0.1) is 0 Å². The van der Waals surface area contributed by atoms with Crippen LogP contribution >= 0.6 is 0 Å². The maximum atomic E-state index is 4.12. The molecule has 0 aliphatic heterocycles. The van der Waals surface area contributed by atoms with Crippen LogP contribution in [-0.2, 0) is 0 Å². The van der Waals surface area contributed by atoms with E-state index in [-0.39, 0.29) is 0 Å². The first-order chi connectivity index (χ1) is 8.99. The average molecular weight is 265 g/mol. The molecule has 0 saturated heterocycles. The largest absolute Gasteiger partial charge is 0.310 e. The van der Waals surface area contributed by atoms with Gasteiger partial charge < -0.3 is 5.32 Å². The van der Waals surface area contributed by atoms with E-state index in [1.54, 1.807) is 0 Å². The summed E-state index contributed by atoms with van der Waals surface area (Å²) in [6.07, 6.45) is 8.57. The van der Waals surface area contributed by atoms with Gasteiger partial charge in [0, 0.05) is 12.1 Å². The van der Waals surface area contributed by atoms with Crippen molar-refractivity contribution in [3.8, 4) is 0 Å². The highest BCUT2D eigenvalue weighted by Gasteiger charge is 2.35. The Morgan fingerprint density at radius 2 is 1.53 bits per heavy atom. The summed E-state index contributed by atoms with van der Waals surface area (Å²) in [5.74, 6) is 4.39. The summed E-state index contributed by atoms with van der Waals surface area (Å²) >= 11 is 0. The van der Waals surface area contributed by atoms with Gasteiger partial charge in [0.25, 0.3) is 0 Å². The smallest absolute Gasteiger partial charge is 0.0121 e. The zero-order chi connectivity index (χ0) is 14.0. The van der Waals surface area contributed by atoms with Gasteiger partial charge in [-0.3, -0.25) is 0 Å². The summed E-state index contributed by atoms with van der Waals surface area (Å²) in [4.78, 5) is 0. The fraction of sp³-hybridized carbons (Fsp3) is 1.00. The molecule has 2 saturated carbocycles. The highest BCUT2D eigenvalue weighted by molar-refractivity contribution is 4.91. The Morgan fingerprint density at radius 1 is 0.895 bits per heavy atom. The molecule has 0 amide bonds. The molecule has 5 unspecified atom stereocenters. The second-order valence-electron chi connectivity index (χ2n) is 8.01. The molecule has 1 N–H and O–H groups in total. The monoisotopic (exact) mass is 265 g/mol. The highest BCUT2D eigenvalue weighted by atomic mass is 15.0. The minimum atomic E-state index is 0.769. The molecule has 2 fully saturated rings. The van der Waals surface area contributed by atoms with Gasteiger partial charge >= 0.3 is 0 Å². The van der Waals surface area contributed by atoms with Crippen molar-refractivity contribution in [3.05, 3.63) is 0 Å². The lowest BCUT2D eigenvalue weighted by Gasteiger charge is -2.44. The first-order valence-electron chi connectivity index (χ1n) is 8.75. The third-order valence-electron chi connectivity index (χ3n) is 5.97. The van der Waals surface area contributed by atoms with Crippen LogP contribution in [0.15, 0.2) is 0 Å². The molecule has 0 bridgehead atoms. The molecule has 2 rings (SSSR count). The van der Waals surface area contributed by atoms with Crippen molar-refractivity contribution < 1.29 is 0 Å². The van der Waals surface area contributed by atoms with Crippen LogP contribution in [0.4, 0.5) is 0 Å². The van der Waals surface area contributed by atoms with E-state index in [1.165, 1.54) is 38.5 Å². The zero-order valence-electron chi connectivity index (χ0n) is 13.8. The molecule has 0 aromatic carbocycles. The van der Waals surface area contributed by atoms with Crippen molar-refractivity contribution in [1.29, 1.82) is 0 Å². The van der Waals surface area contributed by atoms with E-state index in [1.807, 2.05) is 0 Å². The summed E-state index contributed by atoms with van der Waals surface area (Å²) in [7, 11) is 0. The molecule has 0 aromatic heterocycles. The van der Waals surface area contributed by atoms with Crippen molar-refractivity contribution >= 4 is 0 Å². The van der Waals surface area contributed by atoms with Crippen molar-refractivity contribution in [1.82, 2.24) is 5.32 Å². The van der Waals surface area contributed by atoms with Crippen LogP contribution in [0.3, 0.4) is 0 Å². The van der Waals surface area contributed by atoms with Crippen molar-refractivity contribution in [2.75, 3.05) is 0 Å². The fourth-order valence-corrected chi connectivity index (χ4v) is 4.65. The molecule has 0 spiro atoms. The van der Waals surface area contributed by atoms with E-state index in [2.05, 4.69) is 39.9 Å². The molecule has 0 heterocycles. The van der Waals surface area contributed by atoms with Crippen LogP contribution in [0.5, 0.6) is 0 Å². The van der Waals surface area contributed by atoms with Gasteiger partial charge in [0.05, 0.1) is 0 Å². The Labute approximate surface area is 120 Å². The van der Waals surface area contributed by atoms with Crippen LogP contribution in [0.25, 0.3) is 0 Å². The van der Waals surface area contributed by atoms with Gasteiger partial charge in [0.15, 0.2) is 0 Å². The van der Waals surface area contributed by atoms with E-state index in [0.717, 1.165) is 41.7 Å². The molecule has 2 aliphatic carbocycles. The van der Waals surface area contributed by atoms with Crippen LogP contribution in [0.1, 0.15) is 73.1 Å². The molecule has 19 heavy (non-hydrogen) atoms. The van der Waals surface area contributed by atoms with E-state index in [4.69, 9.17) is 0 Å². The van der Waals surface area contributed by atoms with Gasteiger partial charge in [0.2, 0.25) is 0 Å². The Balaban J connectivity index is 2.01. The van der Waals surface area contributed by atoms with Crippen molar-refractivity contribution in [2.45, 2.75) is 85.2 Å². The molecular formula is C18H35N. The first kappa shape index (κ1) is 15.4. The Kier molecular flexibility index (Phi) is 5.34. The Hall–Kier alpha value is -0.0400. The second kappa shape index (κ2) is 6.61. The average Bonchev–Trinajstić information content (AvgIpc) is 2.33. The number of nitrogens with one attached hydrogen (secondary N) is 1. The maximum Gasteiger partial charge on any atom is 0.0121 e. The van der Waals surface area contributed by atoms with Crippen molar-refractivity contribution in [2.24, 2.45) is 29.6 Å². The van der Waals surface area contributed by atoms with Gasteiger partial charge in [-0.1, -0.05) is 47.5 Å². The SMILES string of the molecule is CC1CCC(C(C)C)C(NC2C(C)CCCC2C)C1. The Bertz CT molecular complexity index is 263. The Morgan fingerprint density at radius 3 is 2.11 bits per heavy atom. The topological polar surface area (TPSA) is 12.0 Å². The van der Waals surface area contributed by atoms with E-state index in [9.17, 15) is 0 Å². The molecule has 1 heteroatoms. The second-order valence-corrected chi connectivity index (χ2v) is 8.01. The lowest BCUT2D eigenvalue weighted by atomic mass is 9.72. The molecule has 2 aliphatic rings. The van der Waals surface area contributed by atoms with Crippen molar-refractivity contribution in [3.63, 3.8) is 0 Å². The standard InChI is InChI=1S/C18H35N/c1-12(2)16-10-9-13(3)11-17(16)19-18-14(4)7-6-8-15(18)5/h12-19H,6-11H2,1-5H3. The van der Waals surface area contributed by atoms with Crippen LogP contribution < -0.4 is 5.32 Å². The molecular weight excluding hydrogens is 230 g/mol. The normalized spacial score (nSPS) is 44.5. The maximum absolute atomic E-state index is 4.12. The molecule has 112 valence electrons. The van der Waals surface area contributed by atoms with Crippen LogP contribution in [0.2, 0.25) is 0 Å². The minimum Gasteiger partial charge on any atom is -0.310 e. The van der Waals surface area contributed by atoms with E-state index < -0.39 is 0 Å². The fourth-order valence-electron chi connectivity index (χ4n) is 4.65. The molecule has 0 aromatic rings. The minimum absolute atomic E-state index is 0.769. The summed E-state index contributed by atoms with van der Waals surface area (Å²) in [6, 6.07) is 1.54. The summed E-state index contributed by atoms with van der Waals surface area (Å²) in [5.41, 5.74) is 0. The van der Waals surface area contributed by atoms with Gasteiger partial charge in [-0.05, 0) is 55.3 Å². The van der Waals surface area contributed by atoms with E-state index in [0.29, 0.717) is 0 Å². The quantitative estimate of drug-likeness (QED) is 0.768. The lowest BCUT2D eigenvalue weighted by molar-refractivity contribution is 0.116. The van der Waals surface area contributed by atoms with Gasteiger partial charge in [0.1, 0.15) is 0 Å². The molecule has 1 nitrogen and oxygen atoms in total. The predicted molar refractivity (Wildman–Crippen MR) is 84.2 cm³/mol. The third-order valence-corrected chi connectivity index (χ3v) is 5.97. The summed E-state index contributed by atoms with van der Waals surface area (Å²) < 4.78 is 0. The summed E-state index contributed by atoms with van der Waals surface area (Å²) in [5, 5.41) is 4.12. The first-order valence-corrected chi connectivity index (χ1v) is 8.75. The zero-order valence-corrected chi connectivity index (χ0v) is 13.8. The predicted octanol–water partition coefficient (Wildman–Crippen LogP) is 4.86. The molecule has 5 atom stereocenters.